The van der Waals surface area contributed by atoms with Crippen molar-refractivity contribution in [2.75, 3.05) is 26.2 Å². The van der Waals surface area contributed by atoms with Crippen molar-refractivity contribution >= 4 is 34.8 Å². The van der Waals surface area contributed by atoms with E-state index in [2.05, 4.69) is 5.32 Å². The molecule has 5 rings (SSSR count). The molecule has 10 heteroatoms. The minimum atomic E-state index is -0.454. The Morgan fingerprint density at radius 2 is 1.79 bits per heavy atom. The number of benzene rings is 2. The Morgan fingerprint density at radius 1 is 1.05 bits per heavy atom. The predicted octanol–water partition coefficient (Wildman–Crippen LogP) is 3.99. The molecule has 2 aliphatic rings. The maximum atomic E-state index is 13.2. The number of nitrogens with zero attached hydrogens (tertiary/aromatic N) is 2. The molecule has 3 heterocycles. The first kappa shape index (κ1) is 29.5. The number of thiophene rings is 1. The zero-order chi connectivity index (χ0) is 29.6. The van der Waals surface area contributed by atoms with Crippen LogP contribution in [0.4, 0.5) is 0 Å². The minimum absolute atomic E-state index is 0.0221. The molecule has 1 saturated heterocycles. The van der Waals surface area contributed by atoms with Crippen LogP contribution in [0.5, 0.6) is 11.5 Å². The van der Waals surface area contributed by atoms with E-state index in [1.807, 2.05) is 60.8 Å². The number of likely N-dealkylation sites (tertiary alicyclic amines) is 1. The number of ether oxygens (including phenoxy) is 2. The molecule has 3 amide bonds. The molecule has 42 heavy (non-hydrogen) atoms. The highest BCUT2D eigenvalue weighted by atomic mass is 32.1. The first-order chi connectivity index (χ1) is 20.3. The number of amides is 3. The average Bonchev–Trinajstić information content (AvgIpc) is 3.44. The fraction of sp³-hybridized carbons (Fsp3) is 0.375. The SMILES string of the molecule is CCN1CC(=O)N[C@H]2CN(C(=O)Cc3csc(C(C)=O)c3)CC[C@@H]2OCc2cccc(c2)Oc2cccc(c2)CC1=O. The van der Waals surface area contributed by atoms with E-state index in [1.165, 1.54) is 23.2 Å². The van der Waals surface area contributed by atoms with Gasteiger partial charge in [0, 0.05) is 19.6 Å². The number of hydrogen-bond acceptors (Lipinski definition) is 7. The van der Waals surface area contributed by atoms with Crippen LogP contribution in [0, 0.1) is 0 Å². The van der Waals surface area contributed by atoms with Gasteiger partial charge in [0.15, 0.2) is 5.78 Å². The van der Waals surface area contributed by atoms with Crippen molar-refractivity contribution < 1.29 is 28.7 Å². The van der Waals surface area contributed by atoms with Crippen LogP contribution in [-0.4, -0.2) is 71.6 Å². The Hall–Kier alpha value is -4.02. The van der Waals surface area contributed by atoms with Gasteiger partial charge in [0.05, 0.1) is 43.0 Å². The number of Topliss-reactive ketones (excluding diaryl/α,β-unsaturated/α-hetero) is 1. The fourth-order valence-corrected chi connectivity index (χ4v) is 6.10. The van der Waals surface area contributed by atoms with Crippen LogP contribution >= 0.6 is 11.3 Å². The molecule has 2 aromatic carbocycles. The highest BCUT2D eigenvalue weighted by Gasteiger charge is 2.34. The third-order valence-corrected chi connectivity index (χ3v) is 8.61. The van der Waals surface area contributed by atoms with Crippen LogP contribution < -0.4 is 10.1 Å². The number of hydrogen-bond donors (Lipinski definition) is 1. The molecular formula is C32H35N3O6S. The highest BCUT2D eigenvalue weighted by molar-refractivity contribution is 7.12. The first-order valence-corrected chi connectivity index (χ1v) is 15.1. The topological polar surface area (TPSA) is 105 Å². The third-order valence-electron chi connectivity index (χ3n) is 7.53. The standard InChI is InChI=1S/C32H35N3O6S/c1-3-34-18-30(37)33-27-17-35(32(39)16-24-14-29(21(2)36)42-20-24)11-10-28(27)40-19-23-7-5-9-26(13-23)41-25-8-4-6-22(12-25)15-31(34)38/h4-9,12-14,20,27-28H,3,10-11,15-19H2,1-2H3,(H,33,37)/t27-,28-/m0/s1. The molecule has 4 bridgehead atoms. The van der Waals surface area contributed by atoms with Gasteiger partial charge < -0.3 is 24.6 Å². The largest absolute Gasteiger partial charge is 0.457 e. The summed E-state index contributed by atoms with van der Waals surface area (Å²) in [6.07, 6.45) is 0.535. The quantitative estimate of drug-likeness (QED) is 0.462. The molecule has 0 aliphatic carbocycles. The number of piperidine rings is 1. The van der Waals surface area contributed by atoms with Crippen molar-refractivity contribution in [3.8, 4) is 11.5 Å². The second-order valence-electron chi connectivity index (χ2n) is 10.7. The molecule has 0 unspecified atom stereocenters. The van der Waals surface area contributed by atoms with E-state index >= 15 is 0 Å². The monoisotopic (exact) mass is 589 g/mol. The lowest BCUT2D eigenvalue weighted by atomic mass is 10.0. The highest BCUT2D eigenvalue weighted by Crippen LogP contribution is 2.25. The van der Waals surface area contributed by atoms with Gasteiger partial charge in [0.2, 0.25) is 17.7 Å². The number of likely N-dealkylation sites (N-methyl/N-ethyl adjacent to an activating group) is 1. The summed E-state index contributed by atoms with van der Waals surface area (Å²) in [6.45, 7) is 4.72. The van der Waals surface area contributed by atoms with Crippen LogP contribution in [0.1, 0.15) is 46.6 Å². The zero-order valence-corrected chi connectivity index (χ0v) is 24.7. The number of carbonyl (C=O) groups excluding carboxylic acids is 4. The van der Waals surface area contributed by atoms with Gasteiger partial charge in [-0.3, -0.25) is 19.2 Å². The smallest absolute Gasteiger partial charge is 0.239 e. The van der Waals surface area contributed by atoms with Gasteiger partial charge in [0.25, 0.3) is 0 Å². The average molecular weight is 590 g/mol. The van der Waals surface area contributed by atoms with Gasteiger partial charge in [-0.25, -0.2) is 0 Å². The van der Waals surface area contributed by atoms with Gasteiger partial charge >= 0.3 is 0 Å². The Balaban J connectivity index is 1.35. The van der Waals surface area contributed by atoms with E-state index in [-0.39, 0.29) is 55.5 Å². The summed E-state index contributed by atoms with van der Waals surface area (Å²) in [5.41, 5.74) is 2.52. The van der Waals surface area contributed by atoms with Crippen LogP contribution in [0.25, 0.3) is 0 Å². The molecule has 2 atom stereocenters. The third kappa shape index (κ3) is 7.43. The molecule has 0 spiro atoms. The summed E-state index contributed by atoms with van der Waals surface area (Å²) in [4.78, 5) is 55.2. The van der Waals surface area contributed by atoms with E-state index in [0.717, 1.165) is 16.7 Å². The second-order valence-corrected chi connectivity index (χ2v) is 11.6. The Labute approximate surface area is 249 Å². The molecule has 9 nitrogen and oxygen atoms in total. The lowest BCUT2D eigenvalue weighted by Gasteiger charge is -2.39. The molecule has 1 fully saturated rings. The van der Waals surface area contributed by atoms with Gasteiger partial charge in [-0.15, -0.1) is 11.3 Å². The van der Waals surface area contributed by atoms with Crippen molar-refractivity contribution in [3.05, 3.63) is 81.5 Å². The summed E-state index contributed by atoms with van der Waals surface area (Å²) < 4.78 is 12.4. The van der Waals surface area contributed by atoms with E-state index in [1.54, 1.807) is 11.0 Å². The number of carbonyl (C=O) groups is 4. The lowest BCUT2D eigenvalue weighted by Crippen LogP contribution is -2.58. The number of ketones is 1. The van der Waals surface area contributed by atoms with Gasteiger partial charge in [-0.1, -0.05) is 24.3 Å². The summed E-state index contributed by atoms with van der Waals surface area (Å²) in [5, 5.41) is 4.90. The van der Waals surface area contributed by atoms with Crippen LogP contribution in [0.2, 0.25) is 0 Å². The molecule has 1 N–H and O–H groups in total. The normalized spacial score (nSPS) is 19.8. The molecule has 0 saturated carbocycles. The number of nitrogens with one attached hydrogen (secondary N) is 1. The van der Waals surface area contributed by atoms with Crippen molar-refractivity contribution in [3.63, 3.8) is 0 Å². The van der Waals surface area contributed by atoms with Gasteiger partial charge in [0.1, 0.15) is 11.5 Å². The summed E-state index contributed by atoms with van der Waals surface area (Å²) in [5.74, 6) is 0.726. The molecule has 2 aliphatic heterocycles. The van der Waals surface area contributed by atoms with E-state index in [0.29, 0.717) is 42.5 Å². The van der Waals surface area contributed by atoms with Crippen LogP contribution in [0.3, 0.4) is 0 Å². The summed E-state index contributed by atoms with van der Waals surface area (Å²) >= 11 is 1.34. The van der Waals surface area contributed by atoms with Crippen molar-refractivity contribution in [2.45, 2.75) is 51.9 Å². The maximum absolute atomic E-state index is 13.2. The van der Waals surface area contributed by atoms with E-state index < -0.39 is 6.04 Å². The Bertz CT molecular complexity index is 1470. The van der Waals surface area contributed by atoms with E-state index in [9.17, 15) is 19.2 Å². The van der Waals surface area contributed by atoms with Gasteiger partial charge in [-0.05, 0) is 72.7 Å². The number of fused-ring (bicyclic) bond motifs is 5. The minimum Gasteiger partial charge on any atom is -0.457 e. The lowest BCUT2D eigenvalue weighted by molar-refractivity contribution is -0.138. The van der Waals surface area contributed by atoms with Crippen LogP contribution in [-0.2, 0) is 38.6 Å². The van der Waals surface area contributed by atoms with Crippen LogP contribution in [0.15, 0.2) is 60.0 Å². The first-order valence-electron chi connectivity index (χ1n) is 14.2. The van der Waals surface area contributed by atoms with Crippen molar-refractivity contribution in [1.82, 2.24) is 15.1 Å². The summed E-state index contributed by atoms with van der Waals surface area (Å²) in [6, 6.07) is 16.3. The molecular weight excluding hydrogens is 554 g/mol. The molecule has 3 aromatic rings. The maximum Gasteiger partial charge on any atom is 0.239 e. The van der Waals surface area contributed by atoms with Crippen molar-refractivity contribution in [2.24, 2.45) is 0 Å². The van der Waals surface area contributed by atoms with Crippen molar-refractivity contribution in [1.29, 1.82) is 0 Å². The van der Waals surface area contributed by atoms with E-state index in [4.69, 9.17) is 9.47 Å². The van der Waals surface area contributed by atoms with Gasteiger partial charge in [-0.2, -0.15) is 0 Å². The molecule has 1 aromatic heterocycles. The summed E-state index contributed by atoms with van der Waals surface area (Å²) in [7, 11) is 0. The second kappa shape index (κ2) is 13.3. The zero-order valence-electron chi connectivity index (χ0n) is 23.8. The molecule has 220 valence electrons. The Kier molecular flexibility index (Phi) is 9.34. The number of rotatable bonds is 4. The fourth-order valence-electron chi connectivity index (χ4n) is 5.28. The molecule has 0 radical (unpaired) electrons. The predicted molar refractivity (Wildman–Crippen MR) is 159 cm³/mol. The Morgan fingerprint density at radius 3 is 2.50 bits per heavy atom.